The van der Waals surface area contributed by atoms with E-state index in [1.807, 2.05) is 37.1 Å². The standard InChI is InChI=1S/C26H30Cl2N4O2/c1-16(34-25-10-3-17(12-29)13-31-25)21-14-32(26(33)18-4-7-20(30-2)8-5-18)15-22(21)19-6-9-23(27)24(28)11-19/h3,6,9-11,13,16,18,20-22,30H,4-5,7-8,14-15H2,1-2H3/t16-,18?,20?,21+,22+/m0/s1. The number of ether oxygens (including phenoxy) is 1. The number of carbonyl (C=O) groups is 1. The highest BCUT2D eigenvalue weighted by molar-refractivity contribution is 6.42. The second-order valence-corrected chi connectivity index (χ2v) is 10.2. The SMILES string of the molecule is CNC1CCC(C(=O)N2C[C@H]([C@H](C)Oc3ccc(C#N)cn3)[C@@H](c3ccc(Cl)c(Cl)c3)C2)CC1. The first-order valence-corrected chi connectivity index (χ1v) is 12.6. The number of halogens is 2. The lowest BCUT2D eigenvalue weighted by Gasteiger charge is -2.30. The molecule has 1 saturated heterocycles. The summed E-state index contributed by atoms with van der Waals surface area (Å²) in [7, 11) is 1.99. The summed E-state index contributed by atoms with van der Waals surface area (Å²) in [5.74, 6) is 0.919. The predicted molar refractivity (Wildman–Crippen MR) is 133 cm³/mol. The number of likely N-dealkylation sites (tertiary alicyclic amines) is 1. The summed E-state index contributed by atoms with van der Waals surface area (Å²) >= 11 is 12.5. The number of hydrogen-bond acceptors (Lipinski definition) is 5. The van der Waals surface area contributed by atoms with Crippen LogP contribution in [0.1, 0.15) is 49.7 Å². The third kappa shape index (κ3) is 5.49. The fourth-order valence-electron chi connectivity index (χ4n) is 5.26. The Morgan fingerprint density at radius 3 is 2.56 bits per heavy atom. The zero-order valence-electron chi connectivity index (χ0n) is 19.5. The van der Waals surface area contributed by atoms with Gasteiger partial charge in [-0.15, -0.1) is 0 Å². The van der Waals surface area contributed by atoms with Gasteiger partial charge in [-0.25, -0.2) is 4.98 Å². The molecule has 6 nitrogen and oxygen atoms in total. The van der Waals surface area contributed by atoms with E-state index in [1.54, 1.807) is 12.1 Å². The maximum atomic E-state index is 13.5. The molecule has 1 aromatic carbocycles. The third-order valence-corrected chi connectivity index (χ3v) is 8.05. The Labute approximate surface area is 211 Å². The van der Waals surface area contributed by atoms with Crippen LogP contribution >= 0.6 is 23.2 Å². The van der Waals surface area contributed by atoms with Gasteiger partial charge in [-0.05, 0) is 63.4 Å². The first kappa shape index (κ1) is 24.8. The minimum absolute atomic E-state index is 0.0623. The van der Waals surface area contributed by atoms with E-state index in [0.29, 0.717) is 40.6 Å². The topological polar surface area (TPSA) is 78.3 Å². The monoisotopic (exact) mass is 500 g/mol. The fraction of sp³-hybridized carbons (Fsp3) is 0.500. The van der Waals surface area contributed by atoms with Gasteiger partial charge in [-0.3, -0.25) is 4.79 Å². The van der Waals surface area contributed by atoms with Crippen molar-refractivity contribution in [2.24, 2.45) is 11.8 Å². The van der Waals surface area contributed by atoms with Crippen LogP contribution in [0, 0.1) is 23.2 Å². The highest BCUT2D eigenvalue weighted by atomic mass is 35.5. The maximum Gasteiger partial charge on any atom is 0.225 e. The highest BCUT2D eigenvalue weighted by Gasteiger charge is 2.42. The van der Waals surface area contributed by atoms with Crippen LogP contribution in [-0.2, 0) is 4.79 Å². The van der Waals surface area contributed by atoms with Crippen LogP contribution in [0.4, 0.5) is 0 Å². The van der Waals surface area contributed by atoms with E-state index in [2.05, 4.69) is 16.4 Å². The lowest BCUT2D eigenvalue weighted by Crippen LogP contribution is -2.39. The first-order chi connectivity index (χ1) is 16.4. The molecule has 1 saturated carbocycles. The number of amides is 1. The van der Waals surface area contributed by atoms with Gasteiger partial charge in [-0.2, -0.15) is 5.26 Å². The Morgan fingerprint density at radius 1 is 1.18 bits per heavy atom. The molecule has 1 N–H and O–H groups in total. The lowest BCUT2D eigenvalue weighted by molar-refractivity contribution is -0.135. The van der Waals surface area contributed by atoms with E-state index in [9.17, 15) is 4.79 Å². The predicted octanol–water partition coefficient (Wildman–Crippen LogP) is 5.05. The van der Waals surface area contributed by atoms with Crippen molar-refractivity contribution in [3.63, 3.8) is 0 Å². The van der Waals surface area contributed by atoms with Gasteiger partial charge in [0.25, 0.3) is 0 Å². The normalized spacial score (nSPS) is 25.6. The molecule has 3 atom stereocenters. The van der Waals surface area contributed by atoms with Crippen LogP contribution in [0.3, 0.4) is 0 Å². The molecule has 1 aromatic heterocycles. The zero-order chi connectivity index (χ0) is 24.2. The molecule has 1 aliphatic heterocycles. The maximum absolute atomic E-state index is 13.5. The summed E-state index contributed by atoms with van der Waals surface area (Å²) < 4.78 is 6.18. The summed E-state index contributed by atoms with van der Waals surface area (Å²) in [6, 6.07) is 11.7. The average molecular weight is 501 g/mol. The number of nitrogens with zero attached hydrogens (tertiary/aromatic N) is 3. The number of hydrogen-bond donors (Lipinski definition) is 1. The second-order valence-electron chi connectivity index (χ2n) is 9.34. The van der Waals surface area contributed by atoms with Crippen molar-refractivity contribution in [3.8, 4) is 11.9 Å². The van der Waals surface area contributed by atoms with E-state index in [1.165, 1.54) is 6.20 Å². The Bertz CT molecular complexity index is 1050. The minimum atomic E-state index is -0.197. The molecule has 1 aliphatic carbocycles. The van der Waals surface area contributed by atoms with Crippen LogP contribution in [0.15, 0.2) is 36.5 Å². The number of pyridine rings is 1. The zero-order valence-corrected chi connectivity index (χ0v) is 21.0. The molecule has 2 aliphatic rings. The molecule has 0 spiro atoms. The number of nitriles is 1. The van der Waals surface area contributed by atoms with Crippen molar-refractivity contribution in [1.29, 1.82) is 5.26 Å². The smallest absolute Gasteiger partial charge is 0.225 e. The van der Waals surface area contributed by atoms with Gasteiger partial charge >= 0.3 is 0 Å². The molecule has 2 aromatic rings. The van der Waals surface area contributed by atoms with E-state index < -0.39 is 0 Å². The molecule has 180 valence electrons. The van der Waals surface area contributed by atoms with Crippen molar-refractivity contribution >= 4 is 29.1 Å². The van der Waals surface area contributed by atoms with E-state index in [0.717, 1.165) is 31.2 Å². The van der Waals surface area contributed by atoms with Gasteiger partial charge in [0.2, 0.25) is 11.8 Å². The summed E-state index contributed by atoms with van der Waals surface area (Å²) in [5.41, 5.74) is 1.54. The quantitative estimate of drug-likeness (QED) is 0.600. The lowest BCUT2D eigenvalue weighted by atomic mass is 9.85. The van der Waals surface area contributed by atoms with Crippen molar-refractivity contribution in [2.75, 3.05) is 20.1 Å². The van der Waals surface area contributed by atoms with Crippen molar-refractivity contribution in [1.82, 2.24) is 15.2 Å². The van der Waals surface area contributed by atoms with Gasteiger partial charge in [0.1, 0.15) is 12.2 Å². The molecule has 4 rings (SSSR count). The third-order valence-electron chi connectivity index (χ3n) is 7.31. The number of nitrogens with one attached hydrogen (secondary N) is 1. The Hall–Kier alpha value is -2.33. The van der Waals surface area contributed by atoms with E-state index in [4.69, 9.17) is 33.2 Å². The number of benzene rings is 1. The fourth-order valence-corrected chi connectivity index (χ4v) is 5.57. The summed E-state index contributed by atoms with van der Waals surface area (Å²) in [6.07, 6.45) is 5.21. The molecule has 8 heteroatoms. The van der Waals surface area contributed by atoms with Crippen LogP contribution < -0.4 is 10.1 Å². The molecular weight excluding hydrogens is 471 g/mol. The molecule has 34 heavy (non-hydrogen) atoms. The molecule has 0 unspecified atom stereocenters. The van der Waals surface area contributed by atoms with Crippen LogP contribution in [0.5, 0.6) is 5.88 Å². The van der Waals surface area contributed by atoms with Crippen molar-refractivity contribution in [3.05, 3.63) is 57.7 Å². The van der Waals surface area contributed by atoms with Gasteiger partial charge in [0, 0.05) is 49.1 Å². The van der Waals surface area contributed by atoms with Crippen LogP contribution in [0.2, 0.25) is 10.0 Å². The van der Waals surface area contributed by atoms with Gasteiger partial charge < -0.3 is 15.0 Å². The highest BCUT2D eigenvalue weighted by Crippen LogP contribution is 2.39. The van der Waals surface area contributed by atoms with Crippen LogP contribution in [-0.4, -0.2) is 48.1 Å². The molecule has 2 heterocycles. The average Bonchev–Trinajstić information content (AvgIpc) is 3.31. The summed E-state index contributed by atoms with van der Waals surface area (Å²) in [4.78, 5) is 19.7. The minimum Gasteiger partial charge on any atom is -0.474 e. The summed E-state index contributed by atoms with van der Waals surface area (Å²) in [5, 5.41) is 13.4. The molecular formula is C26H30Cl2N4O2. The largest absolute Gasteiger partial charge is 0.474 e. The molecule has 2 fully saturated rings. The number of aromatic nitrogens is 1. The molecule has 1 amide bonds. The van der Waals surface area contributed by atoms with Gasteiger partial charge in [-0.1, -0.05) is 29.3 Å². The number of carbonyl (C=O) groups excluding carboxylic acids is 1. The van der Waals surface area contributed by atoms with Crippen molar-refractivity contribution in [2.45, 2.75) is 50.7 Å². The molecule has 0 radical (unpaired) electrons. The first-order valence-electron chi connectivity index (χ1n) is 11.8. The molecule has 0 bridgehead atoms. The van der Waals surface area contributed by atoms with E-state index in [-0.39, 0.29) is 29.8 Å². The Morgan fingerprint density at radius 2 is 1.94 bits per heavy atom. The second kappa shape index (κ2) is 10.9. The van der Waals surface area contributed by atoms with Gasteiger partial charge in [0.05, 0.1) is 15.6 Å². The number of rotatable bonds is 6. The Kier molecular flexibility index (Phi) is 7.98. The van der Waals surface area contributed by atoms with Crippen LogP contribution in [0.25, 0.3) is 0 Å². The van der Waals surface area contributed by atoms with Gasteiger partial charge in [0.15, 0.2) is 0 Å². The van der Waals surface area contributed by atoms with E-state index >= 15 is 0 Å². The van der Waals surface area contributed by atoms with Crippen molar-refractivity contribution < 1.29 is 9.53 Å². The Balaban J connectivity index is 1.53. The summed E-state index contributed by atoms with van der Waals surface area (Å²) in [6.45, 7) is 3.26.